The summed E-state index contributed by atoms with van der Waals surface area (Å²) in [4.78, 5) is 0. The van der Waals surface area contributed by atoms with E-state index >= 15 is 0 Å². The molecule has 0 heterocycles. The van der Waals surface area contributed by atoms with Gasteiger partial charge < -0.3 is 10.1 Å². The highest BCUT2D eigenvalue weighted by molar-refractivity contribution is 4.96. The second-order valence-corrected chi connectivity index (χ2v) is 5.47. The van der Waals surface area contributed by atoms with Crippen LogP contribution in [0.2, 0.25) is 0 Å². The van der Waals surface area contributed by atoms with Gasteiger partial charge in [0.05, 0.1) is 6.61 Å². The van der Waals surface area contributed by atoms with Crippen molar-refractivity contribution in [2.45, 2.75) is 57.9 Å². The van der Waals surface area contributed by atoms with E-state index in [1.807, 2.05) is 0 Å². The van der Waals surface area contributed by atoms with E-state index in [0.717, 1.165) is 37.6 Å². The highest BCUT2D eigenvalue weighted by atomic mass is 16.5. The summed E-state index contributed by atoms with van der Waals surface area (Å²) < 4.78 is 5.62. The molecule has 0 aromatic carbocycles. The maximum Gasteiger partial charge on any atom is 0.0591 e. The summed E-state index contributed by atoms with van der Waals surface area (Å²) in [6, 6.07) is 0.833. The van der Waals surface area contributed by atoms with Gasteiger partial charge in [-0.25, -0.2) is 0 Å². The largest absolute Gasteiger partial charge is 0.380 e. The third kappa shape index (κ3) is 4.42. The van der Waals surface area contributed by atoms with E-state index in [0.29, 0.717) is 0 Å². The fourth-order valence-corrected chi connectivity index (χ4v) is 2.48. The van der Waals surface area contributed by atoms with Gasteiger partial charge in [0.2, 0.25) is 0 Å². The van der Waals surface area contributed by atoms with Gasteiger partial charge in [0, 0.05) is 19.2 Å². The fraction of sp³-hybridized carbons (Fsp3) is 1.00. The highest BCUT2D eigenvalue weighted by Gasteiger charge is 2.40. The Balaban J connectivity index is 1.44. The SMILES string of the molecule is CCCCCOCCNC(C1CC1)C1CC1. The van der Waals surface area contributed by atoms with Crippen molar-refractivity contribution in [2.24, 2.45) is 11.8 Å². The van der Waals surface area contributed by atoms with Crippen molar-refractivity contribution in [1.29, 1.82) is 0 Å². The third-order valence-electron chi connectivity index (χ3n) is 3.78. The van der Waals surface area contributed by atoms with Crippen LogP contribution < -0.4 is 5.32 Å². The van der Waals surface area contributed by atoms with Crippen molar-refractivity contribution in [3.05, 3.63) is 0 Å². The molecule has 0 aliphatic heterocycles. The molecule has 0 radical (unpaired) electrons. The first-order valence-corrected chi connectivity index (χ1v) is 7.23. The molecule has 0 atom stereocenters. The minimum Gasteiger partial charge on any atom is -0.380 e. The molecular formula is C14H27NO. The van der Waals surface area contributed by atoms with Gasteiger partial charge in [-0.2, -0.15) is 0 Å². The van der Waals surface area contributed by atoms with E-state index in [1.54, 1.807) is 0 Å². The molecule has 0 aromatic heterocycles. The predicted octanol–water partition coefficient (Wildman–Crippen LogP) is 2.97. The lowest BCUT2D eigenvalue weighted by molar-refractivity contribution is 0.128. The fourth-order valence-electron chi connectivity index (χ4n) is 2.48. The highest BCUT2D eigenvalue weighted by Crippen LogP contribution is 2.44. The first kappa shape index (κ1) is 12.4. The molecule has 0 saturated heterocycles. The predicted molar refractivity (Wildman–Crippen MR) is 67.6 cm³/mol. The summed E-state index contributed by atoms with van der Waals surface area (Å²) in [5.74, 6) is 2.01. The lowest BCUT2D eigenvalue weighted by Gasteiger charge is -2.17. The Kier molecular flexibility index (Phi) is 5.11. The van der Waals surface area contributed by atoms with Crippen LogP contribution in [0.4, 0.5) is 0 Å². The monoisotopic (exact) mass is 225 g/mol. The van der Waals surface area contributed by atoms with Crippen LogP contribution in [0.25, 0.3) is 0 Å². The van der Waals surface area contributed by atoms with E-state index in [2.05, 4.69) is 12.2 Å². The summed E-state index contributed by atoms with van der Waals surface area (Å²) in [6.07, 6.45) is 9.67. The number of hydrogen-bond donors (Lipinski definition) is 1. The van der Waals surface area contributed by atoms with Gasteiger partial charge in [0.15, 0.2) is 0 Å². The maximum atomic E-state index is 5.62. The van der Waals surface area contributed by atoms with Crippen LogP contribution in [0.3, 0.4) is 0 Å². The Morgan fingerprint density at radius 2 is 1.75 bits per heavy atom. The topological polar surface area (TPSA) is 21.3 Å². The van der Waals surface area contributed by atoms with E-state index in [9.17, 15) is 0 Å². The second-order valence-electron chi connectivity index (χ2n) is 5.47. The number of rotatable bonds is 10. The van der Waals surface area contributed by atoms with Gasteiger partial charge >= 0.3 is 0 Å². The zero-order chi connectivity index (χ0) is 11.2. The molecule has 2 nitrogen and oxygen atoms in total. The molecule has 2 aliphatic rings. The molecule has 2 fully saturated rings. The zero-order valence-corrected chi connectivity index (χ0v) is 10.7. The van der Waals surface area contributed by atoms with Crippen LogP contribution in [0.15, 0.2) is 0 Å². The van der Waals surface area contributed by atoms with Crippen LogP contribution in [0.5, 0.6) is 0 Å². The van der Waals surface area contributed by atoms with Gasteiger partial charge in [0.1, 0.15) is 0 Å². The number of ether oxygens (including phenoxy) is 1. The van der Waals surface area contributed by atoms with Crippen molar-refractivity contribution in [3.63, 3.8) is 0 Å². The molecule has 0 spiro atoms. The van der Waals surface area contributed by atoms with Gasteiger partial charge in [0.25, 0.3) is 0 Å². The molecule has 2 rings (SSSR count). The molecule has 16 heavy (non-hydrogen) atoms. The normalized spacial score (nSPS) is 20.6. The van der Waals surface area contributed by atoms with Crippen molar-refractivity contribution in [2.75, 3.05) is 19.8 Å². The molecule has 0 aromatic rings. The molecule has 0 amide bonds. The summed E-state index contributed by atoms with van der Waals surface area (Å²) in [5.41, 5.74) is 0. The average Bonchev–Trinajstić information content (AvgIpc) is 3.16. The Morgan fingerprint density at radius 1 is 1.06 bits per heavy atom. The van der Waals surface area contributed by atoms with E-state index < -0.39 is 0 Å². The smallest absolute Gasteiger partial charge is 0.0591 e. The molecule has 2 saturated carbocycles. The average molecular weight is 225 g/mol. The van der Waals surface area contributed by atoms with Crippen LogP contribution in [-0.2, 0) is 4.74 Å². The van der Waals surface area contributed by atoms with Gasteiger partial charge in [-0.1, -0.05) is 19.8 Å². The lowest BCUT2D eigenvalue weighted by atomic mass is 10.1. The first-order chi connectivity index (χ1) is 7.92. The molecule has 0 bridgehead atoms. The van der Waals surface area contributed by atoms with Crippen LogP contribution in [0, 0.1) is 11.8 Å². The van der Waals surface area contributed by atoms with Gasteiger partial charge in [-0.05, 0) is 43.9 Å². The molecule has 1 N–H and O–H groups in total. The van der Waals surface area contributed by atoms with Crippen molar-refractivity contribution in [1.82, 2.24) is 5.32 Å². The number of nitrogens with one attached hydrogen (secondary N) is 1. The lowest BCUT2D eigenvalue weighted by Crippen LogP contribution is -2.35. The Bertz CT molecular complexity index is 175. The summed E-state index contributed by atoms with van der Waals surface area (Å²) in [6.45, 7) is 5.15. The first-order valence-electron chi connectivity index (χ1n) is 7.23. The van der Waals surface area contributed by atoms with Crippen LogP contribution in [-0.4, -0.2) is 25.8 Å². The number of unbranched alkanes of at least 4 members (excludes halogenated alkanes) is 2. The minimum atomic E-state index is 0.833. The van der Waals surface area contributed by atoms with E-state index in [4.69, 9.17) is 4.74 Å². The Labute approximate surface area is 100 Å². The minimum absolute atomic E-state index is 0.833. The van der Waals surface area contributed by atoms with E-state index in [1.165, 1.54) is 44.9 Å². The quantitative estimate of drug-likeness (QED) is 0.577. The summed E-state index contributed by atoms with van der Waals surface area (Å²) >= 11 is 0. The van der Waals surface area contributed by atoms with Gasteiger partial charge in [-0.15, -0.1) is 0 Å². The summed E-state index contributed by atoms with van der Waals surface area (Å²) in [5, 5.41) is 3.71. The Morgan fingerprint density at radius 3 is 2.31 bits per heavy atom. The van der Waals surface area contributed by atoms with Crippen LogP contribution >= 0.6 is 0 Å². The molecule has 2 aliphatic carbocycles. The zero-order valence-electron chi connectivity index (χ0n) is 10.7. The van der Waals surface area contributed by atoms with E-state index in [-0.39, 0.29) is 0 Å². The van der Waals surface area contributed by atoms with Gasteiger partial charge in [-0.3, -0.25) is 0 Å². The van der Waals surface area contributed by atoms with Crippen molar-refractivity contribution in [3.8, 4) is 0 Å². The number of hydrogen-bond acceptors (Lipinski definition) is 2. The van der Waals surface area contributed by atoms with Crippen molar-refractivity contribution < 1.29 is 4.74 Å². The standard InChI is InChI=1S/C14H27NO/c1-2-3-4-10-16-11-9-15-14(12-5-6-12)13-7-8-13/h12-15H,2-11H2,1H3. The maximum absolute atomic E-state index is 5.62. The molecule has 2 heteroatoms. The molecule has 94 valence electrons. The molecule has 0 unspecified atom stereocenters. The Hall–Kier alpha value is -0.0800. The molecular weight excluding hydrogens is 198 g/mol. The second kappa shape index (κ2) is 6.61. The summed E-state index contributed by atoms with van der Waals surface area (Å²) in [7, 11) is 0. The third-order valence-corrected chi connectivity index (χ3v) is 3.78. The van der Waals surface area contributed by atoms with Crippen LogP contribution in [0.1, 0.15) is 51.9 Å². The van der Waals surface area contributed by atoms with Crippen molar-refractivity contribution >= 4 is 0 Å².